The predicted molar refractivity (Wildman–Crippen MR) is 151 cm³/mol. The number of ketones is 1. The van der Waals surface area contributed by atoms with Gasteiger partial charge in [-0.15, -0.1) is 0 Å². The molecule has 0 bridgehead atoms. The largest absolute Gasteiger partial charge is 0.303 e. The van der Waals surface area contributed by atoms with Gasteiger partial charge in [-0.05, 0) is 50.4 Å². The van der Waals surface area contributed by atoms with Crippen LogP contribution in [0.1, 0.15) is 162 Å². The van der Waals surface area contributed by atoms with Gasteiger partial charge in [-0.25, -0.2) is 0 Å². The summed E-state index contributed by atoms with van der Waals surface area (Å²) < 4.78 is 0. The lowest BCUT2D eigenvalue weighted by molar-refractivity contribution is -0.119. The third-order valence-electron chi connectivity index (χ3n) is 7.20. The lowest BCUT2D eigenvalue weighted by Gasteiger charge is -2.11. The van der Waals surface area contributed by atoms with Crippen molar-refractivity contribution in [2.24, 2.45) is 11.8 Å². The molecular formula is C32H58O3. The molecule has 3 heteroatoms. The molecule has 0 aromatic rings. The zero-order valence-corrected chi connectivity index (χ0v) is 23.5. The van der Waals surface area contributed by atoms with E-state index < -0.39 is 0 Å². The molecule has 0 spiro atoms. The average Bonchev–Trinajstić information content (AvgIpc) is 2.83. The van der Waals surface area contributed by atoms with Crippen LogP contribution in [0.3, 0.4) is 0 Å². The van der Waals surface area contributed by atoms with Crippen LogP contribution in [0.4, 0.5) is 0 Å². The number of rotatable bonds is 28. The molecule has 2 atom stereocenters. The highest BCUT2D eigenvalue weighted by Crippen LogP contribution is 2.18. The molecule has 0 saturated carbocycles. The molecular weight excluding hydrogens is 432 g/mol. The Morgan fingerprint density at radius 2 is 0.971 bits per heavy atom. The first-order valence-corrected chi connectivity index (χ1v) is 15.1. The Bertz CT molecular complexity index is 511. The van der Waals surface area contributed by atoms with E-state index in [1.165, 1.54) is 103 Å². The molecule has 0 aliphatic heterocycles. The first-order chi connectivity index (χ1) is 17.1. The third-order valence-corrected chi connectivity index (χ3v) is 7.20. The fraction of sp³-hybridized carbons (Fsp3) is 0.844. The van der Waals surface area contributed by atoms with Crippen LogP contribution in [0.5, 0.6) is 0 Å². The molecule has 0 aromatic carbocycles. The molecule has 0 amide bonds. The highest BCUT2D eigenvalue weighted by molar-refractivity contribution is 5.78. The van der Waals surface area contributed by atoms with E-state index in [0.717, 1.165) is 50.6 Å². The van der Waals surface area contributed by atoms with Gasteiger partial charge in [0, 0.05) is 25.7 Å². The van der Waals surface area contributed by atoms with Gasteiger partial charge < -0.3 is 9.59 Å². The summed E-state index contributed by atoms with van der Waals surface area (Å²) in [5.74, 6) is 1.75. The Morgan fingerprint density at radius 1 is 0.514 bits per heavy atom. The summed E-state index contributed by atoms with van der Waals surface area (Å²) >= 11 is 0. The molecule has 0 N–H and O–H groups in total. The molecule has 0 aliphatic carbocycles. The zero-order valence-electron chi connectivity index (χ0n) is 23.5. The van der Waals surface area contributed by atoms with E-state index >= 15 is 0 Å². The minimum atomic E-state index is 0.466. The Morgan fingerprint density at radius 3 is 1.49 bits per heavy atom. The summed E-state index contributed by atoms with van der Waals surface area (Å²) in [6, 6.07) is 0. The molecule has 3 nitrogen and oxygen atoms in total. The number of unbranched alkanes of at least 4 members (excludes halogenated alkanes) is 14. The van der Waals surface area contributed by atoms with Crippen molar-refractivity contribution in [1.82, 2.24) is 0 Å². The maximum absolute atomic E-state index is 12.0. The second-order valence-corrected chi connectivity index (χ2v) is 11.0. The molecule has 2 unspecified atom stereocenters. The summed E-state index contributed by atoms with van der Waals surface area (Å²) in [7, 11) is 0. The Balaban J connectivity index is 3.34. The topological polar surface area (TPSA) is 51.2 Å². The lowest BCUT2D eigenvalue weighted by atomic mass is 9.95. The van der Waals surface area contributed by atoms with Gasteiger partial charge in [-0.1, -0.05) is 109 Å². The average molecular weight is 491 g/mol. The minimum Gasteiger partial charge on any atom is -0.303 e. The van der Waals surface area contributed by atoms with Gasteiger partial charge in [0.05, 0.1) is 0 Å². The van der Waals surface area contributed by atoms with Crippen molar-refractivity contribution in [3.63, 3.8) is 0 Å². The van der Waals surface area contributed by atoms with Gasteiger partial charge in [0.2, 0.25) is 0 Å². The van der Waals surface area contributed by atoms with Crippen molar-refractivity contribution in [2.45, 2.75) is 162 Å². The quantitative estimate of drug-likeness (QED) is 0.0623. The number of carbonyl (C=O) groups is 3. The van der Waals surface area contributed by atoms with Crippen molar-refractivity contribution in [1.29, 1.82) is 0 Å². The molecule has 0 aliphatic rings. The summed E-state index contributed by atoms with van der Waals surface area (Å²) in [6.07, 6.45) is 32.8. The molecule has 0 aromatic heterocycles. The number of Topliss-reactive ketones (excluding diaryl/α,β-unsaturated/α-hetero) is 1. The van der Waals surface area contributed by atoms with Gasteiger partial charge in [0.15, 0.2) is 0 Å². The van der Waals surface area contributed by atoms with E-state index in [0.29, 0.717) is 24.5 Å². The number of hydrogen-bond acceptors (Lipinski definition) is 3. The van der Waals surface area contributed by atoms with Crippen LogP contribution in [0, 0.1) is 11.8 Å². The van der Waals surface area contributed by atoms with E-state index in [1.807, 2.05) is 0 Å². The fourth-order valence-electron chi connectivity index (χ4n) is 4.69. The standard InChI is InChI=1S/C32H58O3/c1-30(23-21-24-31(2)27-29-34)22-17-13-9-5-3-6-10-14-18-25-32(35)26-19-15-11-7-4-8-12-16-20-28-33/h13,17,28-31H,3-12,14-16,18-27H2,1-2H3. The van der Waals surface area contributed by atoms with Crippen LogP contribution in [-0.2, 0) is 14.4 Å². The van der Waals surface area contributed by atoms with E-state index in [4.69, 9.17) is 0 Å². The van der Waals surface area contributed by atoms with E-state index in [2.05, 4.69) is 26.0 Å². The highest BCUT2D eigenvalue weighted by atomic mass is 16.1. The van der Waals surface area contributed by atoms with Crippen molar-refractivity contribution in [2.75, 3.05) is 0 Å². The molecule has 0 rings (SSSR count). The van der Waals surface area contributed by atoms with E-state index in [-0.39, 0.29) is 0 Å². The number of carbonyl (C=O) groups excluding carboxylic acids is 3. The SMILES string of the molecule is CC(CC=O)CCCC(C)CC=CCCCCCCCCC(=O)CCCCCCCCCCC=O. The third kappa shape index (κ3) is 27.2. The second kappa shape index (κ2) is 27.3. The molecule has 0 saturated heterocycles. The first kappa shape index (κ1) is 33.8. The van der Waals surface area contributed by atoms with Gasteiger partial charge in [-0.2, -0.15) is 0 Å². The van der Waals surface area contributed by atoms with Gasteiger partial charge in [0.25, 0.3) is 0 Å². The predicted octanol–water partition coefficient (Wildman–Crippen LogP) is 9.75. The highest BCUT2D eigenvalue weighted by Gasteiger charge is 2.04. The first-order valence-electron chi connectivity index (χ1n) is 15.1. The van der Waals surface area contributed by atoms with Crippen LogP contribution < -0.4 is 0 Å². The van der Waals surface area contributed by atoms with Crippen molar-refractivity contribution in [3.8, 4) is 0 Å². The summed E-state index contributed by atoms with van der Waals surface area (Å²) in [4.78, 5) is 32.8. The number of allylic oxidation sites excluding steroid dienone is 2. The second-order valence-electron chi connectivity index (χ2n) is 11.0. The Hall–Kier alpha value is -1.25. The van der Waals surface area contributed by atoms with Crippen LogP contribution in [0.2, 0.25) is 0 Å². The molecule has 204 valence electrons. The summed E-state index contributed by atoms with van der Waals surface area (Å²) in [5.41, 5.74) is 0. The summed E-state index contributed by atoms with van der Waals surface area (Å²) in [5, 5.41) is 0. The zero-order chi connectivity index (χ0) is 25.8. The monoisotopic (exact) mass is 490 g/mol. The molecule has 0 fully saturated rings. The molecule has 35 heavy (non-hydrogen) atoms. The van der Waals surface area contributed by atoms with Crippen LogP contribution >= 0.6 is 0 Å². The fourth-order valence-corrected chi connectivity index (χ4v) is 4.69. The van der Waals surface area contributed by atoms with Crippen molar-refractivity contribution in [3.05, 3.63) is 12.2 Å². The smallest absolute Gasteiger partial charge is 0.132 e. The number of hydrogen-bond donors (Lipinski definition) is 0. The van der Waals surface area contributed by atoms with Crippen molar-refractivity contribution >= 4 is 18.4 Å². The maximum Gasteiger partial charge on any atom is 0.132 e. The Kier molecular flexibility index (Phi) is 26.4. The normalized spacial score (nSPS) is 13.2. The molecule has 0 heterocycles. The van der Waals surface area contributed by atoms with Gasteiger partial charge >= 0.3 is 0 Å². The maximum atomic E-state index is 12.0. The van der Waals surface area contributed by atoms with Crippen LogP contribution in [0.25, 0.3) is 0 Å². The van der Waals surface area contributed by atoms with E-state index in [9.17, 15) is 14.4 Å². The van der Waals surface area contributed by atoms with Crippen molar-refractivity contribution < 1.29 is 14.4 Å². The molecule has 0 radical (unpaired) electrons. The summed E-state index contributed by atoms with van der Waals surface area (Å²) in [6.45, 7) is 4.51. The number of aldehydes is 2. The van der Waals surface area contributed by atoms with Gasteiger partial charge in [-0.3, -0.25) is 4.79 Å². The van der Waals surface area contributed by atoms with Crippen LogP contribution in [-0.4, -0.2) is 18.4 Å². The lowest BCUT2D eigenvalue weighted by Crippen LogP contribution is -1.98. The minimum absolute atomic E-state index is 0.466. The van der Waals surface area contributed by atoms with Crippen LogP contribution in [0.15, 0.2) is 12.2 Å². The van der Waals surface area contributed by atoms with E-state index in [1.54, 1.807) is 0 Å². The Labute approximate surface area is 218 Å². The van der Waals surface area contributed by atoms with Gasteiger partial charge in [0.1, 0.15) is 18.4 Å².